The van der Waals surface area contributed by atoms with Crippen LogP contribution in [0.2, 0.25) is 0 Å². The van der Waals surface area contributed by atoms with Crippen LogP contribution in [0.5, 0.6) is 0 Å². The summed E-state index contributed by atoms with van der Waals surface area (Å²) < 4.78 is 17.0. The van der Waals surface area contributed by atoms with Crippen molar-refractivity contribution in [2.24, 2.45) is 0 Å². The average molecular weight is 1080 g/mol. The Labute approximate surface area is 481 Å². The molecule has 77 heavy (non-hydrogen) atoms. The molecule has 0 aliphatic carbocycles. The molecular weight excluding hydrogens is 949 g/mol. The topological polar surface area (TPSA) is 78.9 Å². The molecule has 0 aliphatic rings. The standard InChI is InChI=1S/C71H134O6/c1-4-7-10-13-16-19-22-25-28-30-32-34-35-37-38-40-43-46-49-52-55-58-61-64-70(73)76-67-68(66-75-69(72)63-60-57-54-51-48-45-42-27-24-21-18-15-12-9-6-3)77-71(74)65-62-59-56-53-50-47-44-41-39-36-33-31-29-26-23-20-17-14-11-8-5-2/h23,26,31,33,68H,4-22,24-25,27-30,32,34-67H2,1-3H3/b26-23-,33-31-. The number of allylic oxidation sites excluding steroid dienone is 4. The summed E-state index contributed by atoms with van der Waals surface area (Å²) in [5.74, 6) is -0.837. The molecule has 6 nitrogen and oxygen atoms in total. The number of hydrogen-bond donors (Lipinski definition) is 0. The number of carbonyl (C=O) groups excluding carboxylic acids is 3. The fraction of sp³-hybridized carbons (Fsp3) is 0.901. The SMILES string of the molecule is CCCCCCC/C=C\C/C=C\CCCCCCCCCCCC(=O)OC(COC(=O)CCCCCCCCCCCCCCCCC)COC(=O)CCCCCCCCCCCCCCCCCCCCCCCCC. The third-order valence-corrected chi connectivity index (χ3v) is 16.0. The van der Waals surface area contributed by atoms with Gasteiger partial charge in [0.15, 0.2) is 6.10 Å². The molecule has 0 saturated heterocycles. The molecule has 0 spiro atoms. The molecule has 0 aromatic carbocycles. The van der Waals surface area contributed by atoms with E-state index in [1.807, 2.05) is 0 Å². The van der Waals surface area contributed by atoms with Crippen LogP contribution in [-0.4, -0.2) is 37.2 Å². The van der Waals surface area contributed by atoms with Gasteiger partial charge in [-0.1, -0.05) is 347 Å². The Morgan fingerprint density at radius 3 is 0.714 bits per heavy atom. The second kappa shape index (κ2) is 66.4. The van der Waals surface area contributed by atoms with Crippen LogP contribution < -0.4 is 0 Å². The van der Waals surface area contributed by atoms with Crippen molar-refractivity contribution >= 4 is 17.9 Å². The van der Waals surface area contributed by atoms with Gasteiger partial charge in [0.05, 0.1) is 0 Å². The van der Waals surface area contributed by atoms with E-state index in [0.29, 0.717) is 19.3 Å². The van der Waals surface area contributed by atoms with Crippen molar-refractivity contribution in [3.63, 3.8) is 0 Å². The summed E-state index contributed by atoms with van der Waals surface area (Å²) in [6, 6.07) is 0. The molecule has 0 bridgehead atoms. The van der Waals surface area contributed by atoms with Gasteiger partial charge in [-0.25, -0.2) is 0 Å². The fourth-order valence-electron chi connectivity index (χ4n) is 10.7. The molecule has 0 rings (SSSR count). The van der Waals surface area contributed by atoms with E-state index in [1.54, 1.807) is 0 Å². The van der Waals surface area contributed by atoms with Crippen molar-refractivity contribution in [2.75, 3.05) is 13.2 Å². The molecule has 0 aromatic rings. The molecule has 1 atom stereocenters. The highest BCUT2D eigenvalue weighted by Crippen LogP contribution is 2.19. The van der Waals surface area contributed by atoms with Crippen molar-refractivity contribution in [3.05, 3.63) is 24.3 Å². The van der Waals surface area contributed by atoms with Crippen LogP contribution in [0.25, 0.3) is 0 Å². The van der Waals surface area contributed by atoms with Crippen molar-refractivity contribution in [3.8, 4) is 0 Å². The van der Waals surface area contributed by atoms with E-state index < -0.39 is 6.10 Å². The van der Waals surface area contributed by atoms with Gasteiger partial charge in [-0.2, -0.15) is 0 Å². The van der Waals surface area contributed by atoms with Crippen LogP contribution in [0.3, 0.4) is 0 Å². The summed E-state index contributed by atoms with van der Waals surface area (Å²) >= 11 is 0. The van der Waals surface area contributed by atoms with Gasteiger partial charge in [-0.15, -0.1) is 0 Å². The number of esters is 3. The highest BCUT2D eigenvalue weighted by molar-refractivity contribution is 5.71. The van der Waals surface area contributed by atoms with Crippen molar-refractivity contribution in [1.82, 2.24) is 0 Å². The summed E-state index contributed by atoms with van der Waals surface area (Å²) in [5.41, 5.74) is 0. The molecule has 0 amide bonds. The Bertz CT molecular complexity index is 1240. The van der Waals surface area contributed by atoms with E-state index in [4.69, 9.17) is 14.2 Å². The van der Waals surface area contributed by atoms with Crippen LogP contribution in [0, 0.1) is 0 Å². The second-order valence-electron chi connectivity index (χ2n) is 23.8. The quantitative estimate of drug-likeness (QED) is 0.0261. The monoisotopic (exact) mass is 1080 g/mol. The van der Waals surface area contributed by atoms with Crippen molar-refractivity contribution in [2.45, 2.75) is 399 Å². The van der Waals surface area contributed by atoms with E-state index in [0.717, 1.165) is 64.2 Å². The number of carbonyl (C=O) groups is 3. The first-order chi connectivity index (χ1) is 38.0. The van der Waals surface area contributed by atoms with Gasteiger partial charge >= 0.3 is 17.9 Å². The Morgan fingerprint density at radius 2 is 0.468 bits per heavy atom. The van der Waals surface area contributed by atoms with Gasteiger partial charge in [0.1, 0.15) is 13.2 Å². The van der Waals surface area contributed by atoms with Gasteiger partial charge in [-0.05, 0) is 51.4 Å². The van der Waals surface area contributed by atoms with Crippen molar-refractivity contribution < 1.29 is 28.6 Å². The first kappa shape index (κ1) is 74.9. The first-order valence-electron chi connectivity index (χ1n) is 34.8. The summed E-state index contributed by atoms with van der Waals surface area (Å²) in [6.07, 6.45) is 80.5. The van der Waals surface area contributed by atoms with Gasteiger partial charge < -0.3 is 14.2 Å². The average Bonchev–Trinajstić information content (AvgIpc) is 3.43. The predicted molar refractivity (Wildman–Crippen MR) is 335 cm³/mol. The lowest BCUT2D eigenvalue weighted by Crippen LogP contribution is -2.30. The van der Waals surface area contributed by atoms with Crippen LogP contribution in [-0.2, 0) is 28.6 Å². The molecule has 0 saturated carbocycles. The second-order valence-corrected chi connectivity index (χ2v) is 23.8. The Morgan fingerprint density at radius 1 is 0.260 bits per heavy atom. The van der Waals surface area contributed by atoms with E-state index in [-0.39, 0.29) is 31.1 Å². The Kier molecular flexibility index (Phi) is 64.6. The van der Waals surface area contributed by atoms with Crippen LogP contribution in [0.4, 0.5) is 0 Å². The number of ether oxygens (including phenoxy) is 3. The molecule has 0 heterocycles. The van der Waals surface area contributed by atoms with E-state index >= 15 is 0 Å². The molecular formula is C71H134O6. The number of unbranched alkanes of at least 4 members (excludes halogenated alkanes) is 50. The molecule has 1 unspecified atom stereocenters. The minimum Gasteiger partial charge on any atom is -0.462 e. The van der Waals surface area contributed by atoms with Crippen molar-refractivity contribution in [1.29, 1.82) is 0 Å². The third kappa shape index (κ3) is 64.6. The molecule has 6 heteroatoms. The first-order valence-corrected chi connectivity index (χ1v) is 34.8. The maximum absolute atomic E-state index is 12.9. The van der Waals surface area contributed by atoms with Gasteiger partial charge in [-0.3, -0.25) is 14.4 Å². The smallest absolute Gasteiger partial charge is 0.306 e. The number of rotatable bonds is 65. The minimum absolute atomic E-state index is 0.0664. The van der Waals surface area contributed by atoms with Crippen LogP contribution in [0.15, 0.2) is 24.3 Å². The zero-order valence-corrected chi connectivity index (χ0v) is 52.3. The van der Waals surface area contributed by atoms with Gasteiger partial charge in [0.2, 0.25) is 0 Å². The highest BCUT2D eigenvalue weighted by Gasteiger charge is 2.19. The maximum Gasteiger partial charge on any atom is 0.306 e. The normalized spacial score (nSPS) is 12.1. The summed E-state index contributed by atoms with van der Waals surface area (Å²) in [5, 5.41) is 0. The Balaban J connectivity index is 4.27. The van der Waals surface area contributed by atoms with Crippen LogP contribution >= 0.6 is 0 Å². The van der Waals surface area contributed by atoms with E-state index in [2.05, 4.69) is 45.1 Å². The minimum atomic E-state index is -0.770. The summed E-state index contributed by atoms with van der Waals surface area (Å²) in [4.78, 5) is 38.4. The zero-order valence-electron chi connectivity index (χ0n) is 52.3. The van der Waals surface area contributed by atoms with Crippen LogP contribution in [0.1, 0.15) is 393 Å². The summed E-state index contributed by atoms with van der Waals surface area (Å²) in [7, 11) is 0. The van der Waals surface area contributed by atoms with Gasteiger partial charge in [0, 0.05) is 19.3 Å². The lowest BCUT2D eigenvalue weighted by atomic mass is 10.0. The third-order valence-electron chi connectivity index (χ3n) is 16.0. The largest absolute Gasteiger partial charge is 0.462 e. The lowest BCUT2D eigenvalue weighted by molar-refractivity contribution is -0.167. The zero-order chi connectivity index (χ0) is 55.7. The highest BCUT2D eigenvalue weighted by atomic mass is 16.6. The van der Waals surface area contributed by atoms with E-state index in [9.17, 15) is 14.4 Å². The molecule has 0 aromatic heterocycles. The van der Waals surface area contributed by atoms with Gasteiger partial charge in [0.25, 0.3) is 0 Å². The predicted octanol–water partition coefficient (Wildman–Crippen LogP) is 23.8. The summed E-state index contributed by atoms with van der Waals surface area (Å²) in [6.45, 7) is 6.71. The molecule has 454 valence electrons. The molecule has 0 aliphatic heterocycles. The molecule has 0 N–H and O–H groups in total. The fourth-order valence-corrected chi connectivity index (χ4v) is 10.7. The lowest BCUT2D eigenvalue weighted by Gasteiger charge is -2.18. The van der Waals surface area contributed by atoms with E-state index in [1.165, 1.54) is 289 Å². The number of hydrogen-bond acceptors (Lipinski definition) is 6. The molecule has 0 fully saturated rings. The Hall–Kier alpha value is -2.11. The maximum atomic E-state index is 12.9. The molecule has 0 radical (unpaired) electrons.